The molecule has 0 saturated carbocycles. The molecule has 0 saturated heterocycles. The average Bonchev–Trinajstić information content (AvgIpc) is 2.34. The van der Waals surface area contributed by atoms with Crippen molar-refractivity contribution in [3.63, 3.8) is 0 Å². The van der Waals surface area contributed by atoms with Gasteiger partial charge in [0.1, 0.15) is 0 Å². The summed E-state index contributed by atoms with van der Waals surface area (Å²) in [7, 11) is 1.77. The first-order chi connectivity index (χ1) is 8.24. The van der Waals surface area contributed by atoms with Crippen LogP contribution in [0, 0.1) is 13.8 Å². The third-order valence-electron chi connectivity index (χ3n) is 3.18. The van der Waals surface area contributed by atoms with E-state index in [1.807, 2.05) is 0 Å². The first kappa shape index (κ1) is 11.9. The first-order valence-electron chi connectivity index (χ1n) is 5.88. The van der Waals surface area contributed by atoms with Crippen LogP contribution in [0.15, 0.2) is 48.5 Å². The summed E-state index contributed by atoms with van der Waals surface area (Å²) in [5.41, 5.74) is 5.01. The van der Waals surface area contributed by atoms with Crippen molar-refractivity contribution in [3.05, 3.63) is 59.7 Å². The fourth-order valence-corrected chi connectivity index (χ4v) is 2.18. The molecule has 2 heteroatoms. The summed E-state index contributed by atoms with van der Waals surface area (Å²) < 4.78 is 5.68. The second-order valence-corrected chi connectivity index (χ2v) is 4.33. The van der Waals surface area contributed by atoms with E-state index in [1.165, 1.54) is 22.1 Å². The Labute approximate surface area is 104 Å². The molecule has 2 rings (SSSR count). The maximum atomic E-state index is 5.68. The molecule has 0 atom stereocenters. The lowest BCUT2D eigenvalue weighted by Crippen LogP contribution is -2.46. The maximum Gasteiger partial charge on any atom is 0.361 e. The quantitative estimate of drug-likeness (QED) is 0.725. The first-order valence-corrected chi connectivity index (χ1v) is 5.88. The SMILES string of the molecule is COB(c1ccccc1C)c1ccccc1C. The van der Waals surface area contributed by atoms with Gasteiger partial charge in [0, 0.05) is 7.11 Å². The summed E-state index contributed by atoms with van der Waals surface area (Å²) in [6.45, 7) is 4.27. The minimum absolute atomic E-state index is 0.0254. The lowest BCUT2D eigenvalue weighted by molar-refractivity contribution is 0.439. The monoisotopic (exact) mass is 224 g/mol. The van der Waals surface area contributed by atoms with Crippen LogP contribution in [0.3, 0.4) is 0 Å². The second kappa shape index (κ2) is 5.20. The van der Waals surface area contributed by atoms with Gasteiger partial charge in [-0.05, 0) is 24.8 Å². The molecule has 0 bridgehead atoms. The zero-order valence-electron chi connectivity index (χ0n) is 10.6. The minimum Gasteiger partial charge on any atom is -0.430 e. The van der Waals surface area contributed by atoms with E-state index < -0.39 is 0 Å². The van der Waals surface area contributed by atoms with Gasteiger partial charge in [0.2, 0.25) is 0 Å². The number of hydrogen-bond donors (Lipinski definition) is 0. The zero-order chi connectivity index (χ0) is 12.3. The van der Waals surface area contributed by atoms with Crippen molar-refractivity contribution >= 4 is 17.8 Å². The largest absolute Gasteiger partial charge is 0.430 e. The molecule has 0 aliphatic heterocycles. The van der Waals surface area contributed by atoms with Crippen LogP contribution < -0.4 is 10.9 Å². The summed E-state index contributed by atoms with van der Waals surface area (Å²) in [6.07, 6.45) is 0. The van der Waals surface area contributed by atoms with Crippen molar-refractivity contribution in [2.45, 2.75) is 13.8 Å². The molecule has 0 fully saturated rings. The Morgan fingerprint density at radius 3 is 1.53 bits per heavy atom. The molecule has 0 aromatic heterocycles. The third kappa shape index (κ3) is 2.42. The molecule has 86 valence electrons. The van der Waals surface area contributed by atoms with E-state index >= 15 is 0 Å². The van der Waals surface area contributed by atoms with Gasteiger partial charge in [-0.25, -0.2) is 0 Å². The van der Waals surface area contributed by atoms with E-state index in [0.29, 0.717) is 0 Å². The maximum absolute atomic E-state index is 5.68. The van der Waals surface area contributed by atoms with Crippen LogP contribution >= 0.6 is 0 Å². The van der Waals surface area contributed by atoms with E-state index in [2.05, 4.69) is 62.4 Å². The van der Waals surface area contributed by atoms with Gasteiger partial charge in [-0.1, -0.05) is 59.7 Å². The molecule has 0 heterocycles. The number of aryl methyl sites for hydroxylation is 2. The highest BCUT2D eigenvalue weighted by Crippen LogP contribution is 2.01. The standard InChI is InChI=1S/C15H17BO/c1-12-8-4-6-10-14(12)16(17-3)15-11-7-5-9-13(15)2/h4-11H,1-3H3. The van der Waals surface area contributed by atoms with Gasteiger partial charge in [-0.2, -0.15) is 0 Å². The fraction of sp³-hybridized carbons (Fsp3) is 0.200. The fourth-order valence-electron chi connectivity index (χ4n) is 2.18. The highest BCUT2D eigenvalue weighted by molar-refractivity contribution is 6.80. The number of rotatable bonds is 3. The Kier molecular flexibility index (Phi) is 3.65. The van der Waals surface area contributed by atoms with Gasteiger partial charge in [-0.3, -0.25) is 0 Å². The van der Waals surface area contributed by atoms with Gasteiger partial charge in [0.25, 0.3) is 0 Å². The smallest absolute Gasteiger partial charge is 0.361 e. The summed E-state index contributed by atoms with van der Waals surface area (Å²) in [6, 6.07) is 16.8. The molecule has 0 unspecified atom stereocenters. The molecule has 0 N–H and O–H groups in total. The molecule has 0 aliphatic carbocycles. The minimum atomic E-state index is 0.0254. The molecule has 2 aromatic rings. The lowest BCUT2D eigenvalue weighted by atomic mass is 9.53. The molecule has 2 aromatic carbocycles. The Bertz CT molecular complexity index is 462. The molecule has 0 radical (unpaired) electrons. The van der Waals surface area contributed by atoms with E-state index in [1.54, 1.807) is 7.11 Å². The van der Waals surface area contributed by atoms with Crippen LogP contribution in [0.5, 0.6) is 0 Å². The van der Waals surface area contributed by atoms with Gasteiger partial charge < -0.3 is 4.65 Å². The topological polar surface area (TPSA) is 9.23 Å². The van der Waals surface area contributed by atoms with E-state index in [-0.39, 0.29) is 6.92 Å². The average molecular weight is 224 g/mol. The van der Waals surface area contributed by atoms with Gasteiger partial charge in [-0.15, -0.1) is 0 Å². The van der Waals surface area contributed by atoms with Crippen LogP contribution in [0.2, 0.25) is 0 Å². The molecule has 0 aliphatic rings. The van der Waals surface area contributed by atoms with Crippen molar-refractivity contribution in [2.24, 2.45) is 0 Å². The van der Waals surface area contributed by atoms with Gasteiger partial charge in [0.15, 0.2) is 0 Å². The Morgan fingerprint density at radius 1 is 0.765 bits per heavy atom. The van der Waals surface area contributed by atoms with Crippen molar-refractivity contribution in [1.29, 1.82) is 0 Å². The van der Waals surface area contributed by atoms with Gasteiger partial charge in [0.05, 0.1) is 0 Å². The van der Waals surface area contributed by atoms with E-state index in [4.69, 9.17) is 4.65 Å². The predicted octanol–water partition coefficient (Wildman–Crippen LogP) is 2.06. The zero-order valence-corrected chi connectivity index (χ0v) is 10.6. The van der Waals surface area contributed by atoms with E-state index in [9.17, 15) is 0 Å². The van der Waals surface area contributed by atoms with Crippen LogP contribution in [0.25, 0.3) is 0 Å². The molecular weight excluding hydrogens is 207 g/mol. The molecule has 0 spiro atoms. The second-order valence-electron chi connectivity index (χ2n) is 4.33. The molecule has 17 heavy (non-hydrogen) atoms. The van der Waals surface area contributed by atoms with Crippen LogP contribution in [-0.2, 0) is 4.65 Å². The van der Waals surface area contributed by atoms with Crippen molar-refractivity contribution in [2.75, 3.05) is 7.11 Å². The summed E-state index contributed by atoms with van der Waals surface area (Å²) in [5.74, 6) is 0. The van der Waals surface area contributed by atoms with Gasteiger partial charge >= 0.3 is 6.92 Å². The van der Waals surface area contributed by atoms with Crippen molar-refractivity contribution < 1.29 is 4.65 Å². The van der Waals surface area contributed by atoms with Crippen LogP contribution in [0.4, 0.5) is 0 Å². The summed E-state index contributed by atoms with van der Waals surface area (Å²) in [5, 5.41) is 0. The highest BCUT2D eigenvalue weighted by atomic mass is 16.4. The Hall–Kier alpha value is -1.54. The Balaban J connectivity index is 2.48. The summed E-state index contributed by atoms with van der Waals surface area (Å²) in [4.78, 5) is 0. The number of benzene rings is 2. The van der Waals surface area contributed by atoms with Crippen molar-refractivity contribution in [3.8, 4) is 0 Å². The van der Waals surface area contributed by atoms with Crippen molar-refractivity contribution in [1.82, 2.24) is 0 Å². The third-order valence-corrected chi connectivity index (χ3v) is 3.18. The summed E-state index contributed by atoms with van der Waals surface area (Å²) >= 11 is 0. The van der Waals surface area contributed by atoms with Crippen LogP contribution in [-0.4, -0.2) is 14.0 Å². The highest BCUT2D eigenvalue weighted by Gasteiger charge is 2.22. The normalized spacial score (nSPS) is 10.3. The number of hydrogen-bond acceptors (Lipinski definition) is 1. The lowest BCUT2D eigenvalue weighted by Gasteiger charge is -2.16. The molecular formula is C15H17BO. The van der Waals surface area contributed by atoms with E-state index in [0.717, 1.165) is 0 Å². The predicted molar refractivity (Wildman–Crippen MR) is 74.4 cm³/mol. The molecule has 1 nitrogen and oxygen atoms in total. The Morgan fingerprint density at radius 2 is 1.18 bits per heavy atom. The van der Waals surface area contributed by atoms with Crippen LogP contribution in [0.1, 0.15) is 11.1 Å². The molecule has 0 amide bonds.